The number of carbonyl (C=O) groups excluding carboxylic acids is 1. The quantitative estimate of drug-likeness (QED) is 0.491. The largest absolute Gasteiger partial charge is 0.395 e. The molecular weight excluding hydrogens is 264 g/mol. The smallest absolute Gasteiger partial charge is 0.349 e. The Balaban J connectivity index is 2.05. The van der Waals surface area contributed by atoms with E-state index in [0.29, 0.717) is 5.56 Å². The third kappa shape index (κ3) is 1.46. The summed E-state index contributed by atoms with van der Waals surface area (Å²) in [5.41, 5.74) is 4.47. The molecule has 0 radical (unpaired) electrons. The van der Waals surface area contributed by atoms with Crippen molar-refractivity contribution >= 4 is 11.7 Å². The van der Waals surface area contributed by atoms with Crippen LogP contribution in [0.5, 0.6) is 0 Å². The summed E-state index contributed by atoms with van der Waals surface area (Å²) >= 11 is 0. The maximum Gasteiger partial charge on any atom is 0.349 e. The van der Waals surface area contributed by atoms with Crippen molar-refractivity contribution < 1.29 is 15.0 Å². The van der Waals surface area contributed by atoms with Gasteiger partial charge in [-0.3, -0.25) is 9.36 Å². The van der Waals surface area contributed by atoms with E-state index in [2.05, 4.69) is 10.3 Å². The van der Waals surface area contributed by atoms with E-state index in [4.69, 9.17) is 5.73 Å². The van der Waals surface area contributed by atoms with Crippen LogP contribution in [0.25, 0.3) is 0 Å². The van der Waals surface area contributed by atoms with Crippen molar-refractivity contribution in [3.63, 3.8) is 0 Å². The Morgan fingerprint density at radius 3 is 2.90 bits per heavy atom. The van der Waals surface area contributed by atoms with E-state index in [1.807, 2.05) is 0 Å². The van der Waals surface area contributed by atoms with Crippen molar-refractivity contribution in [3.05, 3.63) is 22.2 Å². The van der Waals surface area contributed by atoms with Crippen LogP contribution in [-0.2, 0) is 4.79 Å². The number of nitrogens with one attached hydrogen (secondary N) is 1. The average molecular weight is 280 g/mol. The van der Waals surface area contributed by atoms with Gasteiger partial charge in [0.2, 0.25) is 5.91 Å². The van der Waals surface area contributed by atoms with Crippen LogP contribution in [0.3, 0.4) is 0 Å². The lowest BCUT2D eigenvalue weighted by atomic mass is 9.85. The van der Waals surface area contributed by atoms with Gasteiger partial charge in [-0.15, -0.1) is 0 Å². The Labute approximate surface area is 114 Å². The summed E-state index contributed by atoms with van der Waals surface area (Å²) in [4.78, 5) is 27.5. The molecule has 2 bridgehead atoms. The molecule has 108 valence electrons. The van der Waals surface area contributed by atoms with Crippen LogP contribution in [-0.4, -0.2) is 44.4 Å². The Hall–Kier alpha value is -1.93. The van der Waals surface area contributed by atoms with E-state index in [0.717, 1.165) is 0 Å². The number of nitrogen functional groups attached to an aromatic ring is 1. The van der Waals surface area contributed by atoms with Crippen LogP contribution < -0.4 is 16.7 Å². The molecule has 3 rings (SSSR count). The van der Waals surface area contributed by atoms with Gasteiger partial charge in [-0.2, -0.15) is 4.98 Å². The van der Waals surface area contributed by atoms with Crippen LogP contribution in [0.4, 0.5) is 5.82 Å². The van der Waals surface area contributed by atoms with Crippen LogP contribution >= 0.6 is 0 Å². The number of hydrogen-bond donors (Lipinski definition) is 4. The molecule has 2 heterocycles. The zero-order valence-corrected chi connectivity index (χ0v) is 10.9. The van der Waals surface area contributed by atoms with Crippen molar-refractivity contribution in [1.29, 1.82) is 0 Å². The van der Waals surface area contributed by atoms with Gasteiger partial charge < -0.3 is 21.3 Å². The molecule has 4 atom stereocenters. The minimum absolute atomic E-state index is 0.163. The second kappa shape index (κ2) is 4.03. The lowest BCUT2D eigenvalue weighted by molar-refractivity contribution is -0.134. The summed E-state index contributed by atoms with van der Waals surface area (Å²) in [5, 5.41) is 22.3. The Morgan fingerprint density at radius 1 is 1.60 bits per heavy atom. The molecule has 1 unspecified atom stereocenters. The maximum atomic E-state index is 12.0. The number of hydrogen-bond acceptors (Lipinski definition) is 6. The first-order chi connectivity index (χ1) is 9.40. The van der Waals surface area contributed by atoms with Gasteiger partial charge in [-0.1, -0.05) is 0 Å². The topological polar surface area (TPSA) is 130 Å². The van der Waals surface area contributed by atoms with Gasteiger partial charge in [0, 0.05) is 11.8 Å². The average Bonchev–Trinajstić information content (AvgIpc) is 2.81. The van der Waals surface area contributed by atoms with Gasteiger partial charge in [0.1, 0.15) is 11.2 Å². The standard InChI is InChI=1S/C12H16N4O4/c1-5-3-16(11(20)15-9(5)13)6-2-12(4-17)8(18)7(6)14-10(12)19/h3,6-8,17-18H,2,4H2,1H3,(H,14,19)(H2,13,15,20)/t6-,7?,8-,12+/m1/s1. The summed E-state index contributed by atoms with van der Waals surface area (Å²) < 4.78 is 1.37. The molecule has 2 fully saturated rings. The Kier molecular flexibility index (Phi) is 2.63. The monoisotopic (exact) mass is 280 g/mol. The summed E-state index contributed by atoms with van der Waals surface area (Å²) in [5.74, 6) is -0.210. The van der Waals surface area contributed by atoms with E-state index >= 15 is 0 Å². The minimum Gasteiger partial charge on any atom is -0.395 e. The number of piperidine rings is 1. The number of aliphatic hydroxyl groups is 2. The number of nitrogens with zero attached hydrogens (tertiary/aromatic N) is 2. The van der Waals surface area contributed by atoms with Crippen molar-refractivity contribution in [3.8, 4) is 0 Å². The number of carbonyl (C=O) groups is 1. The summed E-state index contributed by atoms with van der Waals surface area (Å²) in [7, 11) is 0. The van der Waals surface area contributed by atoms with Crippen molar-refractivity contribution in [2.24, 2.45) is 5.41 Å². The lowest BCUT2D eigenvalue weighted by Gasteiger charge is -2.28. The summed E-state index contributed by atoms with van der Waals surface area (Å²) in [6, 6.07) is -1.04. The molecule has 2 aliphatic rings. The molecule has 1 aliphatic heterocycles. The maximum absolute atomic E-state index is 12.0. The van der Waals surface area contributed by atoms with Crippen molar-refractivity contribution in [1.82, 2.24) is 14.9 Å². The molecule has 1 saturated heterocycles. The van der Waals surface area contributed by atoms with E-state index in [9.17, 15) is 19.8 Å². The third-order valence-corrected chi connectivity index (χ3v) is 4.46. The molecule has 1 saturated carbocycles. The molecular formula is C12H16N4O4. The van der Waals surface area contributed by atoms with Gasteiger partial charge in [0.25, 0.3) is 0 Å². The zero-order chi connectivity index (χ0) is 14.7. The minimum atomic E-state index is -1.23. The predicted octanol–water partition coefficient (Wildman–Crippen LogP) is -2.08. The van der Waals surface area contributed by atoms with E-state index in [-0.39, 0.29) is 18.1 Å². The highest BCUT2D eigenvalue weighted by molar-refractivity contribution is 5.88. The first-order valence-electron chi connectivity index (χ1n) is 6.36. The number of aryl methyl sites for hydroxylation is 1. The molecule has 8 heteroatoms. The predicted molar refractivity (Wildman–Crippen MR) is 68.8 cm³/mol. The van der Waals surface area contributed by atoms with Gasteiger partial charge in [0.05, 0.1) is 24.8 Å². The molecule has 20 heavy (non-hydrogen) atoms. The number of rotatable bonds is 2. The number of fused-ring (bicyclic) bond motifs is 2. The molecule has 5 N–H and O–H groups in total. The molecule has 0 spiro atoms. The number of amides is 1. The van der Waals surface area contributed by atoms with E-state index in [1.54, 1.807) is 13.1 Å². The lowest BCUT2D eigenvalue weighted by Crippen LogP contribution is -2.46. The molecule has 8 nitrogen and oxygen atoms in total. The highest BCUT2D eigenvalue weighted by atomic mass is 16.3. The van der Waals surface area contributed by atoms with Crippen LogP contribution in [0.15, 0.2) is 11.0 Å². The molecule has 1 amide bonds. The Morgan fingerprint density at radius 2 is 2.30 bits per heavy atom. The van der Waals surface area contributed by atoms with Crippen LogP contribution in [0, 0.1) is 12.3 Å². The summed E-state index contributed by atoms with van der Waals surface area (Å²) in [6.45, 7) is 1.27. The normalized spacial score (nSPS) is 35.4. The number of aromatic nitrogens is 2. The fraction of sp³-hybridized carbons (Fsp3) is 0.583. The van der Waals surface area contributed by atoms with Crippen LogP contribution in [0.1, 0.15) is 18.0 Å². The zero-order valence-electron chi connectivity index (χ0n) is 10.9. The number of aliphatic hydroxyl groups excluding tert-OH is 2. The summed E-state index contributed by atoms with van der Waals surface area (Å²) in [6.07, 6.45) is 0.751. The van der Waals surface area contributed by atoms with E-state index < -0.39 is 35.9 Å². The first kappa shape index (κ1) is 13.1. The highest BCUT2D eigenvalue weighted by Gasteiger charge is 2.64. The highest BCUT2D eigenvalue weighted by Crippen LogP contribution is 2.48. The van der Waals surface area contributed by atoms with E-state index in [1.165, 1.54) is 4.57 Å². The Bertz CT molecular complexity index is 643. The van der Waals surface area contributed by atoms with Crippen molar-refractivity contribution in [2.75, 3.05) is 12.3 Å². The number of nitrogens with two attached hydrogens (primary N) is 1. The molecule has 1 aromatic rings. The molecule has 1 aromatic heterocycles. The van der Waals surface area contributed by atoms with Crippen LogP contribution in [0.2, 0.25) is 0 Å². The van der Waals surface area contributed by atoms with Crippen molar-refractivity contribution in [2.45, 2.75) is 31.5 Å². The van der Waals surface area contributed by atoms with Gasteiger partial charge in [-0.25, -0.2) is 4.79 Å². The SMILES string of the molecule is Cc1cn([C@@H]2C[C@@]3(CO)C(=O)NC2[C@H]3O)c(=O)nc1N. The second-order valence-corrected chi connectivity index (χ2v) is 5.53. The van der Waals surface area contributed by atoms with Gasteiger partial charge in [0.15, 0.2) is 0 Å². The fourth-order valence-electron chi connectivity index (χ4n) is 3.19. The first-order valence-corrected chi connectivity index (χ1v) is 6.36. The number of anilines is 1. The molecule has 1 aliphatic carbocycles. The molecule has 0 aromatic carbocycles. The van der Waals surface area contributed by atoms with Gasteiger partial charge in [-0.05, 0) is 13.3 Å². The fourth-order valence-corrected chi connectivity index (χ4v) is 3.19. The third-order valence-electron chi connectivity index (χ3n) is 4.46. The van der Waals surface area contributed by atoms with Gasteiger partial charge >= 0.3 is 5.69 Å². The second-order valence-electron chi connectivity index (χ2n) is 5.53.